The van der Waals surface area contributed by atoms with Gasteiger partial charge in [0, 0.05) is 12.5 Å². The van der Waals surface area contributed by atoms with Crippen LogP contribution in [0.2, 0.25) is 0 Å². The highest BCUT2D eigenvalue weighted by molar-refractivity contribution is 5.89. The topological polar surface area (TPSA) is 61.8 Å². The molecule has 1 rings (SSSR count). The highest BCUT2D eigenvalue weighted by atomic mass is 16.6. The van der Waals surface area contributed by atoms with Gasteiger partial charge in [0.15, 0.2) is 6.10 Å². The fourth-order valence-corrected chi connectivity index (χ4v) is 1.61. The molecule has 19 heavy (non-hydrogen) atoms. The number of para-hydroxylation sites is 1. The summed E-state index contributed by atoms with van der Waals surface area (Å²) in [7, 11) is 2.73. The normalized spacial score (nSPS) is 11.3. The Bertz CT molecular complexity index is 492. The van der Waals surface area contributed by atoms with Crippen LogP contribution in [-0.2, 0) is 19.1 Å². The molecule has 102 valence electrons. The molecule has 1 atom stereocenters. The van der Waals surface area contributed by atoms with E-state index in [0.29, 0.717) is 11.3 Å². The second-order valence-corrected chi connectivity index (χ2v) is 3.75. The highest BCUT2D eigenvalue weighted by Gasteiger charge is 2.27. The van der Waals surface area contributed by atoms with Crippen molar-refractivity contribution in [1.29, 1.82) is 0 Å². The summed E-state index contributed by atoms with van der Waals surface area (Å²) in [5, 5.41) is 0. The van der Waals surface area contributed by atoms with E-state index in [2.05, 4.69) is 11.3 Å². The molecule has 0 aliphatic rings. The molecule has 0 aromatic heterocycles. The summed E-state index contributed by atoms with van der Waals surface area (Å²) < 4.78 is 14.9. The number of methoxy groups -OCH3 is 2. The molecule has 0 fully saturated rings. The Labute approximate surface area is 111 Å². The van der Waals surface area contributed by atoms with Gasteiger partial charge in [-0.1, -0.05) is 24.8 Å². The number of rotatable bonds is 5. The molecule has 0 bridgehead atoms. The molecule has 1 aromatic rings. The van der Waals surface area contributed by atoms with Crippen LogP contribution in [-0.4, -0.2) is 26.2 Å². The van der Waals surface area contributed by atoms with Crippen LogP contribution in [0.25, 0.3) is 0 Å². The minimum atomic E-state index is -0.930. The first-order chi connectivity index (χ1) is 9.01. The van der Waals surface area contributed by atoms with E-state index in [-0.39, 0.29) is 5.57 Å². The van der Waals surface area contributed by atoms with E-state index in [0.717, 1.165) is 0 Å². The second-order valence-electron chi connectivity index (χ2n) is 3.75. The molecule has 1 aromatic carbocycles. The van der Waals surface area contributed by atoms with E-state index >= 15 is 0 Å². The zero-order valence-corrected chi connectivity index (χ0v) is 11.1. The van der Waals surface area contributed by atoms with E-state index in [1.165, 1.54) is 21.1 Å². The van der Waals surface area contributed by atoms with Crippen molar-refractivity contribution in [1.82, 2.24) is 0 Å². The average Bonchev–Trinajstić information content (AvgIpc) is 2.42. The second kappa shape index (κ2) is 6.58. The van der Waals surface area contributed by atoms with Crippen molar-refractivity contribution in [2.75, 3.05) is 14.2 Å². The minimum absolute atomic E-state index is 0.0298. The van der Waals surface area contributed by atoms with E-state index < -0.39 is 18.0 Å². The Morgan fingerprint density at radius 1 is 1.21 bits per heavy atom. The van der Waals surface area contributed by atoms with Crippen molar-refractivity contribution >= 4 is 11.9 Å². The fraction of sp³-hybridized carbons (Fsp3) is 0.286. The van der Waals surface area contributed by atoms with E-state index in [4.69, 9.17) is 9.47 Å². The lowest BCUT2D eigenvalue weighted by Gasteiger charge is -2.20. The first kappa shape index (κ1) is 14.8. The summed E-state index contributed by atoms with van der Waals surface area (Å²) in [6, 6.07) is 6.92. The molecule has 0 spiro atoms. The van der Waals surface area contributed by atoms with Crippen molar-refractivity contribution < 1.29 is 23.8 Å². The zero-order valence-electron chi connectivity index (χ0n) is 11.1. The summed E-state index contributed by atoms with van der Waals surface area (Å²) in [4.78, 5) is 22.7. The number of carbonyl (C=O) groups excluding carboxylic acids is 2. The Morgan fingerprint density at radius 2 is 1.84 bits per heavy atom. The number of esters is 2. The predicted octanol–water partition coefficient (Wildman–Crippen LogP) is 2.03. The Balaban J connectivity index is 3.19. The maximum atomic E-state index is 11.6. The smallest absolute Gasteiger partial charge is 0.337 e. The maximum Gasteiger partial charge on any atom is 0.337 e. The first-order valence-corrected chi connectivity index (χ1v) is 5.58. The van der Waals surface area contributed by atoms with Gasteiger partial charge in [0.05, 0.1) is 19.8 Å². The van der Waals surface area contributed by atoms with Gasteiger partial charge in [-0.3, -0.25) is 4.79 Å². The lowest BCUT2D eigenvalue weighted by Crippen LogP contribution is -2.18. The molecule has 0 N–H and O–H groups in total. The number of hydrogen-bond acceptors (Lipinski definition) is 5. The number of carbonyl (C=O) groups is 2. The molecular formula is C14H16O5. The summed E-state index contributed by atoms with van der Waals surface area (Å²) in [5.74, 6) is -0.670. The maximum absolute atomic E-state index is 11.6. The molecule has 0 radical (unpaired) electrons. The number of ether oxygens (including phenoxy) is 3. The fourth-order valence-electron chi connectivity index (χ4n) is 1.61. The van der Waals surface area contributed by atoms with Gasteiger partial charge in [0.25, 0.3) is 0 Å². The molecule has 5 heteroatoms. The molecule has 0 saturated heterocycles. The Morgan fingerprint density at radius 3 is 2.37 bits per heavy atom. The van der Waals surface area contributed by atoms with Crippen LogP contribution in [0.1, 0.15) is 18.6 Å². The monoisotopic (exact) mass is 264 g/mol. The molecule has 5 nitrogen and oxygen atoms in total. The van der Waals surface area contributed by atoms with Gasteiger partial charge in [-0.25, -0.2) is 4.79 Å². The van der Waals surface area contributed by atoms with E-state index in [1.807, 2.05) is 0 Å². The zero-order chi connectivity index (χ0) is 14.4. The van der Waals surface area contributed by atoms with Crippen LogP contribution in [0.15, 0.2) is 36.4 Å². The quantitative estimate of drug-likeness (QED) is 0.601. The Hall–Kier alpha value is -2.30. The summed E-state index contributed by atoms with van der Waals surface area (Å²) >= 11 is 0. The van der Waals surface area contributed by atoms with Gasteiger partial charge in [0.1, 0.15) is 5.75 Å². The van der Waals surface area contributed by atoms with Crippen molar-refractivity contribution in [3.8, 4) is 5.75 Å². The SMILES string of the molecule is C=C(C(=O)OC)[C@@H](OC(C)=O)c1ccccc1OC. The molecule has 0 heterocycles. The summed E-state index contributed by atoms with van der Waals surface area (Å²) in [6.45, 7) is 4.88. The highest BCUT2D eigenvalue weighted by Crippen LogP contribution is 2.32. The van der Waals surface area contributed by atoms with E-state index in [1.54, 1.807) is 24.3 Å². The molecule has 0 unspecified atom stereocenters. The third-order valence-electron chi connectivity index (χ3n) is 2.47. The predicted molar refractivity (Wildman–Crippen MR) is 68.7 cm³/mol. The standard InChI is InChI=1S/C14H16O5/c1-9(14(16)18-4)13(19-10(2)15)11-7-5-6-8-12(11)17-3/h5-8,13H,1H2,2-4H3/t13-/m1/s1. The van der Waals surface area contributed by atoms with Gasteiger partial charge in [-0.15, -0.1) is 0 Å². The molecule has 0 saturated carbocycles. The molecular weight excluding hydrogens is 248 g/mol. The largest absolute Gasteiger partial charge is 0.496 e. The minimum Gasteiger partial charge on any atom is -0.496 e. The third kappa shape index (κ3) is 3.58. The lowest BCUT2D eigenvalue weighted by atomic mass is 10.0. The van der Waals surface area contributed by atoms with E-state index in [9.17, 15) is 9.59 Å². The summed E-state index contributed by atoms with van der Waals surface area (Å²) in [5.41, 5.74) is 0.567. The van der Waals surface area contributed by atoms with Gasteiger partial charge in [-0.05, 0) is 6.07 Å². The van der Waals surface area contributed by atoms with Crippen LogP contribution in [0, 0.1) is 0 Å². The molecule has 0 aliphatic heterocycles. The Kier molecular flexibility index (Phi) is 5.11. The van der Waals surface area contributed by atoms with Crippen molar-refractivity contribution in [2.24, 2.45) is 0 Å². The van der Waals surface area contributed by atoms with Crippen molar-refractivity contribution in [3.05, 3.63) is 42.0 Å². The number of hydrogen-bond donors (Lipinski definition) is 0. The number of benzene rings is 1. The van der Waals surface area contributed by atoms with Gasteiger partial charge in [-0.2, -0.15) is 0 Å². The first-order valence-electron chi connectivity index (χ1n) is 5.58. The molecule has 0 aliphatic carbocycles. The van der Waals surface area contributed by atoms with Crippen LogP contribution in [0.4, 0.5) is 0 Å². The van der Waals surface area contributed by atoms with Crippen LogP contribution in [0.5, 0.6) is 5.75 Å². The average molecular weight is 264 g/mol. The summed E-state index contributed by atoms with van der Waals surface area (Å²) in [6.07, 6.45) is -0.930. The van der Waals surface area contributed by atoms with Gasteiger partial charge in [0.2, 0.25) is 0 Å². The third-order valence-corrected chi connectivity index (χ3v) is 2.47. The van der Waals surface area contributed by atoms with Crippen LogP contribution in [0.3, 0.4) is 0 Å². The van der Waals surface area contributed by atoms with Crippen LogP contribution < -0.4 is 4.74 Å². The van der Waals surface area contributed by atoms with Crippen molar-refractivity contribution in [3.63, 3.8) is 0 Å². The van der Waals surface area contributed by atoms with Crippen LogP contribution >= 0.6 is 0 Å². The van der Waals surface area contributed by atoms with Gasteiger partial charge >= 0.3 is 11.9 Å². The molecule has 0 amide bonds. The van der Waals surface area contributed by atoms with Gasteiger partial charge < -0.3 is 14.2 Å². The van der Waals surface area contributed by atoms with Crippen molar-refractivity contribution in [2.45, 2.75) is 13.0 Å². The lowest BCUT2D eigenvalue weighted by molar-refractivity contribution is -0.147.